The average Bonchev–Trinajstić information content (AvgIpc) is 3.65. The standard InChI is InChI=1S/C38H21NO/c1-2-9-23-22(8-1)16-19-35-38(23)31-20-30-26-12-5-6-15-32(26)39(34(30)21-36(31)40-35)33-18-17-28-25-11-4-3-10-24(25)27-13-7-14-29(33)37(27)28/h1-21H. The molecule has 7 aromatic carbocycles. The van der Waals surface area contributed by atoms with Gasteiger partial charge in [0.1, 0.15) is 11.2 Å². The first kappa shape index (κ1) is 20.6. The van der Waals surface area contributed by atoms with Crippen molar-refractivity contribution >= 4 is 65.3 Å². The van der Waals surface area contributed by atoms with Crippen molar-refractivity contribution in [2.45, 2.75) is 0 Å². The minimum atomic E-state index is 0.918. The highest BCUT2D eigenvalue weighted by atomic mass is 16.3. The molecular formula is C38H21NO. The molecule has 0 saturated carbocycles. The summed E-state index contributed by atoms with van der Waals surface area (Å²) in [6.07, 6.45) is 0. The van der Waals surface area contributed by atoms with Crippen molar-refractivity contribution in [3.05, 3.63) is 127 Å². The summed E-state index contributed by atoms with van der Waals surface area (Å²) in [5.41, 5.74) is 10.7. The molecule has 0 spiro atoms. The van der Waals surface area contributed by atoms with Crippen LogP contribution in [0, 0.1) is 0 Å². The van der Waals surface area contributed by atoms with Crippen LogP contribution in [0.15, 0.2) is 132 Å². The lowest BCUT2D eigenvalue weighted by Crippen LogP contribution is -1.95. The molecule has 0 radical (unpaired) electrons. The second-order valence-corrected chi connectivity index (χ2v) is 10.9. The summed E-state index contributed by atoms with van der Waals surface area (Å²) in [5.74, 6) is 0. The Labute approximate surface area is 229 Å². The van der Waals surface area contributed by atoms with Gasteiger partial charge in [-0.1, -0.05) is 97.1 Å². The van der Waals surface area contributed by atoms with E-state index < -0.39 is 0 Å². The molecule has 0 saturated heterocycles. The topological polar surface area (TPSA) is 18.1 Å². The normalized spacial score (nSPS) is 12.5. The Bertz CT molecular complexity index is 2510. The van der Waals surface area contributed by atoms with E-state index in [2.05, 4.69) is 132 Å². The van der Waals surface area contributed by atoms with Crippen molar-refractivity contribution in [3.8, 4) is 27.9 Å². The van der Waals surface area contributed by atoms with E-state index in [1.807, 2.05) is 0 Å². The second kappa shape index (κ2) is 7.19. The summed E-state index contributed by atoms with van der Waals surface area (Å²) in [5, 5.41) is 9.91. The Morgan fingerprint density at radius 1 is 0.400 bits per heavy atom. The lowest BCUT2D eigenvalue weighted by Gasteiger charge is -2.13. The van der Waals surface area contributed by atoms with Gasteiger partial charge in [-0.15, -0.1) is 0 Å². The van der Waals surface area contributed by atoms with E-state index >= 15 is 0 Å². The highest BCUT2D eigenvalue weighted by Gasteiger charge is 2.24. The molecule has 0 bridgehead atoms. The number of hydrogen-bond donors (Lipinski definition) is 0. The second-order valence-electron chi connectivity index (χ2n) is 10.9. The lowest BCUT2D eigenvalue weighted by molar-refractivity contribution is 0.669. The molecule has 1 aliphatic carbocycles. The summed E-state index contributed by atoms with van der Waals surface area (Å²) in [6.45, 7) is 0. The fourth-order valence-electron chi connectivity index (χ4n) is 7.26. The van der Waals surface area contributed by atoms with Crippen LogP contribution in [0.4, 0.5) is 0 Å². The largest absolute Gasteiger partial charge is 0.456 e. The zero-order valence-electron chi connectivity index (χ0n) is 21.5. The van der Waals surface area contributed by atoms with Crippen LogP contribution < -0.4 is 0 Å². The summed E-state index contributed by atoms with van der Waals surface area (Å²) >= 11 is 0. The number of hydrogen-bond acceptors (Lipinski definition) is 1. The monoisotopic (exact) mass is 507 g/mol. The average molecular weight is 508 g/mol. The maximum absolute atomic E-state index is 6.52. The predicted octanol–water partition coefficient (Wildman–Crippen LogP) is 10.6. The zero-order valence-corrected chi connectivity index (χ0v) is 21.5. The summed E-state index contributed by atoms with van der Waals surface area (Å²) in [4.78, 5) is 0. The van der Waals surface area contributed by atoms with E-state index in [0.717, 1.165) is 22.1 Å². The molecule has 2 heteroatoms. The molecule has 184 valence electrons. The molecule has 0 N–H and O–H groups in total. The number of furan rings is 1. The van der Waals surface area contributed by atoms with Crippen molar-refractivity contribution in [1.29, 1.82) is 0 Å². The van der Waals surface area contributed by atoms with Gasteiger partial charge in [0, 0.05) is 33.0 Å². The predicted molar refractivity (Wildman–Crippen MR) is 168 cm³/mol. The number of fused-ring (bicyclic) bond motifs is 11. The van der Waals surface area contributed by atoms with Crippen molar-refractivity contribution < 1.29 is 4.42 Å². The molecule has 0 fully saturated rings. The Kier molecular flexibility index (Phi) is 3.70. The van der Waals surface area contributed by atoms with Crippen molar-refractivity contribution in [2.24, 2.45) is 0 Å². The molecule has 2 nitrogen and oxygen atoms in total. The quantitative estimate of drug-likeness (QED) is 0.216. The molecule has 2 heterocycles. The number of para-hydroxylation sites is 1. The van der Waals surface area contributed by atoms with E-state index in [0.29, 0.717) is 0 Å². The van der Waals surface area contributed by atoms with Gasteiger partial charge in [-0.25, -0.2) is 0 Å². The SMILES string of the molecule is c1ccc2c(c1)-c1cccc3c(-n4c5ccccc5c5cc6c(cc54)oc4ccc5ccccc5c46)ccc-2c13. The number of benzene rings is 7. The molecule has 2 aromatic heterocycles. The zero-order chi connectivity index (χ0) is 25.9. The highest BCUT2D eigenvalue weighted by Crippen LogP contribution is 2.49. The van der Waals surface area contributed by atoms with Gasteiger partial charge in [0.15, 0.2) is 0 Å². The van der Waals surface area contributed by atoms with Crippen LogP contribution in [-0.4, -0.2) is 4.57 Å². The highest BCUT2D eigenvalue weighted by molar-refractivity contribution is 6.24. The van der Waals surface area contributed by atoms with E-state index in [4.69, 9.17) is 4.42 Å². The fourth-order valence-corrected chi connectivity index (χ4v) is 7.26. The van der Waals surface area contributed by atoms with Gasteiger partial charge in [-0.3, -0.25) is 0 Å². The van der Waals surface area contributed by atoms with E-state index in [-0.39, 0.29) is 0 Å². The summed E-state index contributed by atoms with van der Waals surface area (Å²) in [7, 11) is 0. The third-order valence-electron chi connectivity index (χ3n) is 8.92. The minimum absolute atomic E-state index is 0.918. The summed E-state index contributed by atoms with van der Waals surface area (Å²) < 4.78 is 8.95. The van der Waals surface area contributed by atoms with Gasteiger partial charge in [-0.2, -0.15) is 0 Å². The van der Waals surface area contributed by atoms with Crippen LogP contribution in [0.1, 0.15) is 0 Å². The van der Waals surface area contributed by atoms with Crippen LogP contribution in [0.25, 0.3) is 93.2 Å². The third kappa shape index (κ3) is 2.45. The maximum atomic E-state index is 6.52. The van der Waals surface area contributed by atoms with Crippen molar-refractivity contribution in [2.75, 3.05) is 0 Å². The smallest absolute Gasteiger partial charge is 0.137 e. The molecule has 0 aliphatic heterocycles. The van der Waals surface area contributed by atoms with Gasteiger partial charge in [0.25, 0.3) is 0 Å². The molecule has 40 heavy (non-hydrogen) atoms. The number of nitrogens with zero attached hydrogens (tertiary/aromatic N) is 1. The van der Waals surface area contributed by atoms with E-state index in [1.54, 1.807) is 0 Å². The first-order chi connectivity index (χ1) is 19.8. The molecule has 10 rings (SSSR count). The maximum Gasteiger partial charge on any atom is 0.137 e. The number of rotatable bonds is 1. The first-order valence-electron chi connectivity index (χ1n) is 13.8. The lowest BCUT2D eigenvalue weighted by atomic mass is 10.0. The first-order valence-corrected chi connectivity index (χ1v) is 13.8. The van der Waals surface area contributed by atoms with Gasteiger partial charge in [0.2, 0.25) is 0 Å². The Balaban J connectivity index is 1.36. The van der Waals surface area contributed by atoms with Gasteiger partial charge >= 0.3 is 0 Å². The number of aromatic nitrogens is 1. The van der Waals surface area contributed by atoms with E-state index in [1.165, 1.54) is 71.2 Å². The molecular weight excluding hydrogens is 486 g/mol. The third-order valence-corrected chi connectivity index (χ3v) is 8.92. The fraction of sp³-hybridized carbons (Fsp3) is 0. The van der Waals surface area contributed by atoms with Crippen LogP contribution >= 0.6 is 0 Å². The molecule has 0 amide bonds. The molecule has 1 aliphatic rings. The molecule has 9 aromatic rings. The molecule has 0 atom stereocenters. The van der Waals surface area contributed by atoms with Gasteiger partial charge in [-0.05, 0) is 62.7 Å². The van der Waals surface area contributed by atoms with Crippen LogP contribution in [0.3, 0.4) is 0 Å². The van der Waals surface area contributed by atoms with Gasteiger partial charge < -0.3 is 8.98 Å². The van der Waals surface area contributed by atoms with Gasteiger partial charge in [0.05, 0.1) is 16.7 Å². The van der Waals surface area contributed by atoms with Crippen LogP contribution in [0.2, 0.25) is 0 Å². The summed E-state index contributed by atoms with van der Waals surface area (Å²) in [6, 6.07) is 46.3. The minimum Gasteiger partial charge on any atom is -0.456 e. The van der Waals surface area contributed by atoms with E-state index in [9.17, 15) is 0 Å². The Morgan fingerprint density at radius 2 is 1.12 bits per heavy atom. The van der Waals surface area contributed by atoms with Crippen LogP contribution in [-0.2, 0) is 0 Å². The molecule has 0 unspecified atom stereocenters. The van der Waals surface area contributed by atoms with Crippen molar-refractivity contribution in [3.63, 3.8) is 0 Å². The van der Waals surface area contributed by atoms with Crippen molar-refractivity contribution in [1.82, 2.24) is 4.57 Å². The van der Waals surface area contributed by atoms with Crippen LogP contribution in [0.5, 0.6) is 0 Å². The Hall–Kier alpha value is -5.34. The Morgan fingerprint density at radius 3 is 2.02 bits per heavy atom.